The highest BCUT2D eigenvalue weighted by atomic mass is 35.5. The van der Waals surface area contributed by atoms with Crippen LogP contribution >= 0.6 is 11.6 Å². The Labute approximate surface area is 135 Å². The van der Waals surface area contributed by atoms with Gasteiger partial charge in [0.2, 0.25) is 0 Å². The topological polar surface area (TPSA) is 46.5 Å². The summed E-state index contributed by atoms with van der Waals surface area (Å²) in [4.78, 5) is 10.7. The molecule has 0 spiro atoms. The second kappa shape index (κ2) is 6.51. The highest BCUT2D eigenvalue weighted by molar-refractivity contribution is 6.30. The molecule has 0 saturated carbocycles. The minimum Gasteiger partial charge on any atom is -0.480 e. The van der Waals surface area contributed by atoms with Gasteiger partial charge in [0, 0.05) is 5.02 Å². The standard InChI is InChI=1S/C18H19ClO3/c1-12-4-5-14(13-6-8-15(19)9-7-13)10-16(12)18(2,3)22-11-17(20)21/h4-10H,11H2,1-3H3,(H,20,21). The lowest BCUT2D eigenvalue weighted by molar-refractivity contribution is -0.148. The van der Waals surface area contributed by atoms with Crippen molar-refractivity contribution in [2.45, 2.75) is 26.4 Å². The second-order valence-corrected chi connectivity index (χ2v) is 6.17. The van der Waals surface area contributed by atoms with E-state index in [0.29, 0.717) is 5.02 Å². The summed E-state index contributed by atoms with van der Waals surface area (Å²) in [6, 6.07) is 13.7. The molecular formula is C18H19ClO3. The lowest BCUT2D eigenvalue weighted by Gasteiger charge is -2.27. The van der Waals surface area contributed by atoms with Crippen molar-refractivity contribution in [3.63, 3.8) is 0 Å². The number of aryl methyl sites for hydroxylation is 1. The number of hydrogen-bond acceptors (Lipinski definition) is 2. The zero-order valence-corrected chi connectivity index (χ0v) is 13.6. The fourth-order valence-electron chi connectivity index (χ4n) is 2.41. The van der Waals surface area contributed by atoms with Crippen LogP contribution in [0.15, 0.2) is 42.5 Å². The monoisotopic (exact) mass is 318 g/mol. The van der Waals surface area contributed by atoms with Crippen molar-refractivity contribution in [3.8, 4) is 11.1 Å². The van der Waals surface area contributed by atoms with E-state index in [1.54, 1.807) is 0 Å². The van der Waals surface area contributed by atoms with E-state index < -0.39 is 11.6 Å². The van der Waals surface area contributed by atoms with Crippen LogP contribution in [0.3, 0.4) is 0 Å². The van der Waals surface area contributed by atoms with Gasteiger partial charge in [0.1, 0.15) is 6.61 Å². The number of rotatable bonds is 5. The van der Waals surface area contributed by atoms with Crippen molar-refractivity contribution in [1.82, 2.24) is 0 Å². The third-order valence-electron chi connectivity index (χ3n) is 3.62. The van der Waals surface area contributed by atoms with Gasteiger partial charge >= 0.3 is 5.97 Å². The maximum Gasteiger partial charge on any atom is 0.329 e. The van der Waals surface area contributed by atoms with Crippen LogP contribution in [0.1, 0.15) is 25.0 Å². The minimum atomic E-state index is -0.973. The van der Waals surface area contributed by atoms with Crippen molar-refractivity contribution in [3.05, 3.63) is 58.6 Å². The molecule has 2 aromatic carbocycles. The van der Waals surface area contributed by atoms with E-state index in [2.05, 4.69) is 0 Å². The van der Waals surface area contributed by atoms with Crippen molar-refractivity contribution in [1.29, 1.82) is 0 Å². The van der Waals surface area contributed by atoms with Gasteiger partial charge in [0.15, 0.2) is 0 Å². The average Bonchev–Trinajstić information content (AvgIpc) is 2.46. The first-order valence-corrected chi connectivity index (χ1v) is 7.40. The molecule has 116 valence electrons. The number of hydrogen-bond donors (Lipinski definition) is 1. The molecule has 22 heavy (non-hydrogen) atoms. The summed E-state index contributed by atoms with van der Waals surface area (Å²) in [5.41, 5.74) is 3.46. The smallest absolute Gasteiger partial charge is 0.329 e. The first kappa shape index (κ1) is 16.5. The van der Waals surface area contributed by atoms with Crippen LogP contribution in [-0.4, -0.2) is 17.7 Å². The second-order valence-electron chi connectivity index (χ2n) is 5.73. The van der Waals surface area contributed by atoms with Gasteiger partial charge in [-0.25, -0.2) is 4.79 Å². The Bertz CT molecular complexity index is 675. The fourth-order valence-corrected chi connectivity index (χ4v) is 2.54. The molecule has 0 aliphatic heterocycles. The number of ether oxygens (including phenoxy) is 1. The molecule has 0 radical (unpaired) electrons. The molecule has 0 bridgehead atoms. The number of benzene rings is 2. The van der Waals surface area contributed by atoms with E-state index >= 15 is 0 Å². The van der Waals surface area contributed by atoms with Gasteiger partial charge in [-0.2, -0.15) is 0 Å². The molecule has 1 N–H and O–H groups in total. The van der Waals surface area contributed by atoms with Gasteiger partial charge in [-0.3, -0.25) is 0 Å². The lowest BCUT2D eigenvalue weighted by atomic mass is 9.90. The van der Waals surface area contributed by atoms with Crippen molar-refractivity contribution >= 4 is 17.6 Å². The molecule has 2 aromatic rings. The molecule has 0 aliphatic rings. The number of carboxylic acids is 1. The predicted octanol–water partition coefficient (Wildman–Crippen LogP) is 4.65. The zero-order chi connectivity index (χ0) is 16.3. The summed E-state index contributed by atoms with van der Waals surface area (Å²) in [6.45, 7) is 5.43. The zero-order valence-electron chi connectivity index (χ0n) is 12.9. The Kier molecular flexibility index (Phi) is 4.89. The van der Waals surface area contributed by atoms with Crippen LogP contribution in [0, 0.1) is 6.92 Å². The van der Waals surface area contributed by atoms with Crippen LogP contribution in [-0.2, 0) is 15.1 Å². The van der Waals surface area contributed by atoms with Gasteiger partial charge in [-0.1, -0.05) is 35.9 Å². The van der Waals surface area contributed by atoms with Crippen LogP contribution < -0.4 is 0 Å². The molecule has 4 heteroatoms. The molecule has 0 fully saturated rings. The first-order chi connectivity index (χ1) is 10.3. The van der Waals surface area contributed by atoms with Crippen LogP contribution in [0.4, 0.5) is 0 Å². The van der Waals surface area contributed by atoms with Gasteiger partial charge in [0.25, 0.3) is 0 Å². The van der Waals surface area contributed by atoms with Gasteiger partial charge in [0.05, 0.1) is 5.60 Å². The summed E-state index contributed by atoms with van der Waals surface area (Å²) in [7, 11) is 0. The van der Waals surface area contributed by atoms with E-state index in [1.165, 1.54) is 0 Å². The number of carboxylic acid groups (broad SMARTS) is 1. The largest absolute Gasteiger partial charge is 0.480 e. The number of halogens is 1. The molecule has 0 saturated heterocycles. The molecule has 0 aliphatic carbocycles. The van der Waals surface area contributed by atoms with Crippen molar-refractivity contribution in [2.75, 3.05) is 6.61 Å². The fraction of sp³-hybridized carbons (Fsp3) is 0.278. The summed E-state index contributed by atoms with van der Waals surface area (Å²) in [5.74, 6) is -0.973. The summed E-state index contributed by atoms with van der Waals surface area (Å²) in [6.07, 6.45) is 0. The Morgan fingerprint density at radius 2 is 1.73 bits per heavy atom. The lowest BCUT2D eigenvalue weighted by Crippen LogP contribution is -2.26. The molecule has 0 atom stereocenters. The average molecular weight is 319 g/mol. The van der Waals surface area contributed by atoms with Crippen LogP contribution in [0.5, 0.6) is 0 Å². The Morgan fingerprint density at radius 1 is 1.14 bits per heavy atom. The predicted molar refractivity (Wildman–Crippen MR) is 88.2 cm³/mol. The quantitative estimate of drug-likeness (QED) is 0.872. The highest BCUT2D eigenvalue weighted by Crippen LogP contribution is 2.32. The summed E-state index contributed by atoms with van der Waals surface area (Å²) < 4.78 is 5.55. The van der Waals surface area contributed by atoms with Crippen LogP contribution in [0.25, 0.3) is 11.1 Å². The minimum absolute atomic E-state index is 0.322. The third kappa shape index (κ3) is 3.87. The summed E-state index contributed by atoms with van der Waals surface area (Å²) >= 11 is 5.92. The SMILES string of the molecule is Cc1ccc(-c2ccc(Cl)cc2)cc1C(C)(C)OCC(=O)O. The third-order valence-corrected chi connectivity index (χ3v) is 3.87. The molecule has 0 unspecified atom stereocenters. The number of aliphatic carboxylic acids is 1. The van der Waals surface area contributed by atoms with E-state index in [-0.39, 0.29) is 6.61 Å². The van der Waals surface area contributed by atoms with Crippen LogP contribution in [0.2, 0.25) is 5.02 Å². The van der Waals surface area contributed by atoms with Gasteiger partial charge in [-0.05, 0) is 61.2 Å². The summed E-state index contributed by atoms with van der Waals surface area (Å²) in [5, 5.41) is 9.51. The molecule has 0 aromatic heterocycles. The van der Waals surface area contributed by atoms with E-state index in [9.17, 15) is 4.79 Å². The van der Waals surface area contributed by atoms with Crippen molar-refractivity contribution < 1.29 is 14.6 Å². The Balaban J connectivity index is 2.38. The first-order valence-electron chi connectivity index (χ1n) is 7.02. The molecular weight excluding hydrogens is 300 g/mol. The van der Waals surface area contributed by atoms with E-state index in [1.807, 2.05) is 63.2 Å². The van der Waals surface area contributed by atoms with Crippen molar-refractivity contribution in [2.24, 2.45) is 0 Å². The molecule has 0 amide bonds. The molecule has 2 rings (SSSR count). The maximum absolute atomic E-state index is 10.7. The highest BCUT2D eigenvalue weighted by Gasteiger charge is 2.24. The Hall–Kier alpha value is -1.84. The number of carbonyl (C=O) groups is 1. The van der Waals surface area contributed by atoms with E-state index in [4.69, 9.17) is 21.4 Å². The molecule has 0 heterocycles. The normalized spacial score (nSPS) is 11.5. The Morgan fingerprint density at radius 3 is 2.32 bits per heavy atom. The van der Waals surface area contributed by atoms with E-state index in [0.717, 1.165) is 22.3 Å². The van der Waals surface area contributed by atoms with Gasteiger partial charge < -0.3 is 9.84 Å². The molecule has 3 nitrogen and oxygen atoms in total. The van der Waals surface area contributed by atoms with Gasteiger partial charge in [-0.15, -0.1) is 0 Å². The maximum atomic E-state index is 10.7.